The van der Waals surface area contributed by atoms with E-state index in [-0.39, 0.29) is 0 Å². The second kappa shape index (κ2) is 7.41. The maximum absolute atomic E-state index is 11.4. The number of rotatable bonds is 5. The number of hydrogen-bond donors (Lipinski definition) is 1. The van der Waals surface area contributed by atoms with Gasteiger partial charge < -0.3 is 5.11 Å². The molecule has 6 heteroatoms. The summed E-state index contributed by atoms with van der Waals surface area (Å²) >= 11 is 19.1. The van der Waals surface area contributed by atoms with E-state index in [1.54, 1.807) is 42.5 Å². The number of halogens is 3. The summed E-state index contributed by atoms with van der Waals surface area (Å²) in [6.45, 7) is 0. The summed E-state index contributed by atoms with van der Waals surface area (Å²) in [7, 11) is 0. The van der Waals surface area contributed by atoms with Gasteiger partial charge in [0.15, 0.2) is 0 Å². The highest BCUT2D eigenvalue weighted by molar-refractivity contribution is 8.00. The minimum absolute atomic E-state index is 0.294. The highest BCUT2D eigenvalue weighted by atomic mass is 35.5. The van der Waals surface area contributed by atoms with Gasteiger partial charge in [-0.1, -0.05) is 46.9 Å². The van der Waals surface area contributed by atoms with Crippen LogP contribution >= 0.6 is 46.6 Å². The predicted molar refractivity (Wildman–Crippen MR) is 88.9 cm³/mol. The molecule has 2 rings (SSSR count). The number of hydrogen-bond acceptors (Lipinski definition) is 2. The van der Waals surface area contributed by atoms with E-state index in [1.165, 1.54) is 11.8 Å². The smallest absolute Gasteiger partial charge is 0.317 e. The van der Waals surface area contributed by atoms with E-state index in [0.717, 1.165) is 10.5 Å². The van der Waals surface area contributed by atoms with Gasteiger partial charge in [-0.3, -0.25) is 4.79 Å². The summed E-state index contributed by atoms with van der Waals surface area (Å²) in [6, 6.07) is 12.3. The number of carboxylic acids is 1. The Morgan fingerprint density at radius 3 is 2.38 bits per heavy atom. The van der Waals surface area contributed by atoms with Crippen molar-refractivity contribution < 1.29 is 9.90 Å². The Labute approximate surface area is 142 Å². The van der Waals surface area contributed by atoms with Crippen LogP contribution in [0.1, 0.15) is 5.56 Å². The second-order valence-corrected chi connectivity index (χ2v) is 6.81. The molecule has 2 nitrogen and oxygen atoms in total. The maximum atomic E-state index is 11.4. The van der Waals surface area contributed by atoms with Gasteiger partial charge in [-0.05, 0) is 42.3 Å². The minimum atomic E-state index is -0.897. The molecule has 1 unspecified atom stereocenters. The third-order valence-corrected chi connectivity index (χ3v) is 5.11. The Hall–Kier alpha value is -0.870. The van der Waals surface area contributed by atoms with Gasteiger partial charge >= 0.3 is 5.97 Å². The quantitative estimate of drug-likeness (QED) is 0.721. The number of carbonyl (C=O) groups is 1. The van der Waals surface area contributed by atoms with Crippen molar-refractivity contribution >= 4 is 52.5 Å². The van der Waals surface area contributed by atoms with Crippen LogP contribution in [0.25, 0.3) is 0 Å². The Bertz CT molecular complexity index is 644. The van der Waals surface area contributed by atoms with Gasteiger partial charge in [0.05, 0.1) is 10.0 Å². The molecule has 2 aromatic carbocycles. The SMILES string of the molecule is O=C(O)C(Cc1cccc(Cl)c1Cl)Sc1ccc(Cl)cc1. The molecule has 0 saturated heterocycles. The Balaban J connectivity index is 2.18. The first kappa shape index (κ1) is 16.5. The Morgan fingerprint density at radius 1 is 1.10 bits per heavy atom. The monoisotopic (exact) mass is 360 g/mol. The molecule has 2 aromatic rings. The first-order valence-electron chi connectivity index (χ1n) is 6.05. The fourth-order valence-electron chi connectivity index (χ4n) is 1.76. The maximum Gasteiger partial charge on any atom is 0.317 e. The largest absolute Gasteiger partial charge is 0.480 e. The van der Waals surface area contributed by atoms with Gasteiger partial charge in [0.2, 0.25) is 0 Å². The molecule has 0 aromatic heterocycles. The van der Waals surface area contributed by atoms with E-state index >= 15 is 0 Å². The third-order valence-electron chi connectivity index (χ3n) is 2.80. The Morgan fingerprint density at radius 2 is 1.76 bits per heavy atom. The first-order valence-corrected chi connectivity index (χ1v) is 8.06. The van der Waals surface area contributed by atoms with Crippen LogP contribution in [0.15, 0.2) is 47.4 Å². The van der Waals surface area contributed by atoms with Gasteiger partial charge in [-0.2, -0.15) is 0 Å². The van der Waals surface area contributed by atoms with E-state index in [9.17, 15) is 9.90 Å². The van der Waals surface area contributed by atoms with E-state index < -0.39 is 11.2 Å². The van der Waals surface area contributed by atoms with Crippen LogP contribution in [0.4, 0.5) is 0 Å². The number of benzene rings is 2. The summed E-state index contributed by atoms with van der Waals surface area (Å²) in [5, 5.41) is 10.2. The van der Waals surface area contributed by atoms with E-state index in [4.69, 9.17) is 34.8 Å². The lowest BCUT2D eigenvalue weighted by Gasteiger charge is -2.13. The highest BCUT2D eigenvalue weighted by Gasteiger charge is 2.21. The first-order chi connectivity index (χ1) is 9.97. The zero-order chi connectivity index (χ0) is 15.4. The lowest BCUT2D eigenvalue weighted by molar-refractivity contribution is -0.136. The van der Waals surface area contributed by atoms with Gasteiger partial charge in [-0.15, -0.1) is 11.8 Å². The summed E-state index contributed by atoms with van der Waals surface area (Å²) in [5.41, 5.74) is 0.720. The van der Waals surface area contributed by atoms with E-state index in [0.29, 0.717) is 21.5 Å². The van der Waals surface area contributed by atoms with Gasteiger partial charge in [0.25, 0.3) is 0 Å². The van der Waals surface area contributed by atoms with Crippen molar-refractivity contribution in [2.75, 3.05) is 0 Å². The molecule has 0 aliphatic heterocycles. The Kier molecular flexibility index (Phi) is 5.82. The molecular weight excluding hydrogens is 351 g/mol. The molecule has 0 saturated carbocycles. The van der Waals surface area contributed by atoms with Crippen molar-refractivity contribution in [3.8, 4) is 0 Å². The fraction of sp³-hybridized carbons (Fsp3) is 0.133. The van der Waals surface area contributed by atoms with Gasteiger partial charge in [0.1, 0.15) is 5.25 Å². The van der Waals surface area contributed by atoms with Crippen LogP contribution in [0.2, 0.25) is 15.1 Å². The number of thioether (sulfide) groups is 1. The van der Waals surface area contributed by atoms with Crippen LogP contribution in [-0.2, 0) is 11.2 Å². The molecule has 0 aliphatic carbocycles. The van der Waals surface area contributed by atoms with Crippen molar-refractivity contribution in [2.45, 2.75) is 16.6 Å². The highest BCUT2D eigenvalue weighted by Crippen LogP contribution is 2.31. The molecule has 0 heterocycles. The van der Waals surface area contributed by atoms with Crippen molar-refractivity contribution in [2.24, 2.45) is 0 Å². The minimum Gasteiger partial charge on any atom is -0.480 e. The third kappa shape index (κ3) is 4.55. The summed E-state index contributed by atoms with van der Waals surface area (Å²) in [4.78, 5) is 12.3. The molecular formula is C15H11Cl3O2S. The molecule has 0 aliphatic rings. The fourth-order valence-corrected chi connectivity index (χ4v) is 3.27. The van der Waals surface area contributed by atoms with Crippen LogP contribution in [0.5, 0.6) is 0 Å². The zero-order valence-electron chi connectivity index (χ0n) is 10.7. The van der Waals surface area contributed by atoms with E-state index in [1.807, 2.05) is 0 Å². The second-order valence-electron chi connectivity index (χ2n) is 4.32. The van der Waals surface area contributed by atoms with Gasteiger partial charge in [0, 0.05) is 9.92 Å². The van der Waals surface area contributed by atoms with Crippen molar-refractivity contribution in [1.82, 2.24) is 0 Å². The van der Waals surface area contributed by atoms with Crippen molar-refractivity contribution in [3.63, 3.8) is 0 Å². The predicted octanol–water partition coefficient (Wildman–Crippen LogP) is 5.43. The van der Waals surface area contributed by atoms with Crippen LogP contribution in [-0.4, -0.2) is 16.3 Å². The van der Waals surface area contributed by atoms with E-state index in [2.05, 4.69) is 0 Å². The lowest BCUT2D eigenvalue weighted by atomic mass is 10.1. The van der Waals surface area contributed by atoms with Crippen molar-refractivity contribution in [1.29, 1.82) is 0 Å². The topological polar surface area (TPSA) is 37.3 Å². The van der Waals surface area contributed by atoms with Crippen LogP contribution in [0.3, 0.4) is 0 Å². The normalized spacial score (nSPS) is 12.1. The van der Waals surface area contributed by atoms with Crippen LogP contribution in [0, 0.1) is 0 Å². The average molecular weight is 362 g/mol. The van der Waals surface area contributed by atoms with Gasteiger partial charge in [-0.25, -0.2) is 0 Å². The summed E-state index contributed by atoms with van der Waals surface area (Å²) < 4.78 is 0. The molecule has 110 valence electrons. The number of carboxylic acid groups (broad SMARTS) is 1. The molecule has 0 amide bonds. The molecule has 0 spiro atoms. The molecule has 1 N–H and O–H groups in total. The molecule has 0 radical (unpaired) electrons. The average Bonchev–Trinajstić information content (AvgIpc) is 2.45. The molecule has 0 fully saturated rings. The standard InChI is InChI=1S/C15H11Cl3O2S/c16-10-4-6-11(7-5-10)21-13(15(19)20)8-9-2-1-3-12(17)14(9)18/h1-7,13H,8H2,(H,19,20). The summed E-state index contributed by atoms with van der Waals surface area (Å²) in [5.74, 6) is -0.897. The molecule has 0 bridgehead atoms. The van der Waals surface area contributed by atoms with Crippen LogP contribution < -0.4 is 0 Å². The summed E-state index contributed by atoms with van der Waals surface area (Å²) in [6.07, 6.45) is 0.294. The number of aliphatic carboxylic acids is 1. The molecule has 1 atom stereocenters. The zero-order valence-corrected chi connectivity index (χ0v) is 13.8. The molecule has 21 heavy (non-hydrogen) atoms. The lowest BCUT2D eigenvalue weighted by Crippen LogP contribution is -2.19. The van der Waals surface area contributed by atoms with Crippen molar-refractivity contribution in [3.05, 3.63) is 63.1 Å².